The van der Waals surface area contributed by atoms with Crippen molar-refractivity contribution in [2.45, 2.75) is 91.6 Å². The van der Waals surface area contributed by atoms with Crippen LogP contribution in [0.15, 0.2) is 24.3 Å². The zero-order valence-electron chi connectivity index (χ0n) is 24.0. The van der Waals surface area contributed by atoms with Crippen molar-refractivity contribution in [2.75, 3.05) is 4.90 Å². The van der Waals surface area contributed by atoms with E-state index in [0.717, 1.165) is 42.5 Å². The fraction of sp³-hybridized carbons (Fsp3) is 0.484. The summed E-state index contributed by atoms with van der Waals surface area (Å²) in [5.74, 6) is 6.81. The van der Waals surface area contributed by atoms with Gasteiger partial charge in [0.2, 0.25) is 0 Å². The normalized spacial score (nSPS) is 14.6. The molecule has 0 aliphatic heterocycles. The number of ether oxygens (including phenoxy) is 1. The van der Waals surface area contributed by atoms with Gasteiger partial charge in [-0.25, -0.2) is 4.98 Å². The fourth-order valence-electron chi connectivity index (χ4n) is 4.88. The number of carboxylic acid groups (broad SMARTS) is 1. The summed E-state index contributed by atoms with van der Waals surface area (Å²) in [6.45, 7) is 9.64. The Morgan fingerprint density at radius 1 is 1.10 bits per heavy atom. The summed E-state index contributed by atoms with van der Waals surface area (Å²) in [4.78, 5) is 28.3. The minimum absolute atomic E-state index is 0.169. The van der Waals surface area contributed by atoms with Gasteiger partial charge in [0.05, 0.1) is 11.2 Å². The molecule has 0 bridgehead atoms. The van der Waals surface area contributed by atoms with Gasteiger partial charge in [-0.3, -0.25) is 19.2 Å². The Balaban J connectivity index is 0.000000787. The first-order chi connectivity index (χ1) is 18.9. The molecule has 5 rings (SSSR count). The summed E-state index contributed by atoms with van der Waals surface area (Å²) < 4.78 is 8.12. The minimum atomic E-state index is -0.279. The van der Waals surface area contributed by atoms with E-state index in [4.69, 9.17) is 19.6 Å². The number of carbonyl (C=O) groups is 2. The van der Waals surface area contributed by atoms with E-state index >= 15 is 0 Å². The second kappa shape index (κ2) is 13.8. The molecule has 2 fully saturated rings. The second-order valence-corrected chi connectivity index (χ2v) is 9.73. The van der Waals surface area contributed by atoms with Gasteiger partial charge < -0.3 is 9.84 Å². The number of benzene rings is 1. The summed E-state index contributed by atoms with van der Waals surface area (Å²) in [7, 11) is 1.90. The van der Waals surface area contributed by atoms with Crippen LogP contribution < -0.4 is 9.64 Å². The van der Waals surface area contributed by atoms with Crippen molar-refractivity contribution >= 4 is 34.9 Å². The lowest BCUT2D eigenvalue weighted by Crippen LogP contribution is -2.26. The average Bonchev–Trinajstić information content (AvgIpc) is 3.73. The topological polar surface area (TPSA) is 97.6 Å². The van der Waals surface area contributed by atoms with E-state index in [0.29, 0.717) is 23.1 Å². The Morgan fingerprint density at radius 2 is 1.74 bits per heavy atom. The number of nitrogens with zero attached hydrogens (tertiary/aromatic N) is 4. The van der Waals surface area contributed by atoms with Crippen LogP contribution in [0.25, 0.3) is 11.0 Å². The molecule has 0 saturated heterocycles. The van der Waals surface area contributed by atoms with Gasteiger partial charge in [0.25, 0.3) is 12.4 Å². The highest BCUT2D eigenvalue weighted by molar-refractivity contribution is 6.11. The lowest BCUT2D eigenvalue weighted by Gasteiger charge is -2.24. The molecule has 2 aliphatic rings. The number of pyridine rings is 1. The molecule has 208 valence electrons. The average molecular weight is 533 g/mol. The second-order valence-electron chi connectivity index (χ2n) is 9.73. The monoisotopic (exact) mass is 532 g/mol. The maximum atomic E-state index is 13.3. The third kappa shape index (κ3) is 6.97. The van der Waals surface area contributed by atoms with Crippen LogP contribution in [0.4, 0.5) is 11.5 Å². The fourth-order valence-corrected chi connectivity index (χ4v) is 4.88. The summed E-state index contributed by atoms with van der Waals surface area (Å²) in [6.07, 6.45) is 8.17. The van der Waals surface area contributed by atoms with Crippen LogP contribution in [0.2, 0.25) is 0 Å². The largest absolute Gasteiger partial charge is 0.483 e. The van der Waals surface area contributed by atoms with Crippen LogP contribution in [0.5, 0.6) is 5.88 Å². The number of aromatic nitrogens is 3. The Bertz CT molecular complexity index is 1360. The number of amides is 1. The van der Waals surface area contributed by atoms with Crippen LogP contribution in [0.1, 0.15) is 88.3 Å². The highest BCUT2D eigenvalue weighted by atomic mass is 16.5. The quantitative estimate of drug-likeness (QED) is 0.294. The summed E-state index contributed by atoms with van der Waals surface area (Å²) in [5.41, 5.74) is 6.02. The van der Waals surface area contributed by atoms with Gasteiger partial charge in [-0.05, 0) is 106 Å². The number of aryl methyl sites for hydroxylation is 3. The summed E-state index contributed by atoms with van der Waals surface area (Å²) in [5, 5.41) is 11.5. The summed E-state index contributed by atoms with van der Waals surface area (Å²) in [6, 6.07) is 8.18. The zero-order chi connectivity index (χ0) is 28.5. The van der Waals surface area contributed by atoms with E-state index in [-0.39, 0.29) is 18.5 Å². The number of hydrogen-bond acceptors (Lipinski definition) is 5. The molecule has 0 atom stereocenters. The molecule has 8 heteroatoms. The number of hydrogen-bond donors (Lipinski definition) is 1. The van der Waals surface area contributed by atoms with Gasteiger partial charge in [-0.1, -0.05) is 32.3 Å². The number of anilines is 2. The first-order valence-corrected chi connectivity index (χ1v) is 13.8. The predicted octanol–water partition coefficient (Wildman–Crippen LogP) is 6.59. The zero-order valence-corrected chi connectivity index (χ0v) is 24.0. The van der Waals surface area contributed by atoms with E-state index in [1.807, 2.05) is 33.0 Å². The van der Waals surface area contributed by atoms with Gasteiger partial charge in [0.1, 0.15) is 11.9 Å². The van der Waals surface area contributed by atoms with Crippen molar-refractivity contribution in [3.63, 3.8) is 0 Å². The Hall–Kier alpha value is -3.86. The Kier molecular flexibility index (Phi) is 10.5. The van der Waals surface area contributed by atoms with Crippen molar-refractivity contribution in [1.82, 2.24) is 14.8 Å². The summed E-state index contributed by atoms with van der Waals surface area (Å²) >= 11 is 0. The van der Waals surface area contributed by atoms with Crippen LogP contribution >= 0.6 is 0 Å². The molecule has 8 nitrogen and oxygen atoms in total. The van der Waals surface area contributed by atoms with Crippen molar-refractivity contribution in [3.05, 3.63) is 41.0 Å². The van der Waals surface area contributed by atoms with Crippen LogP contribution in [-0.2, 0) is 16.6 Å². The molecule has 3 aromatic rings. The first kappa shape index (κ1) is 29.7. The maximum absolute atomic E-state index is 13.3. The van der Waals surface area contributed by atoms with Gasteiger partial charge in [0, 0.05) is 7.05 Å². The lowest BCUT2D eigenvalue weighted by molar-refractivity contribution is -0.122. The van der Waals surface area contributed by atoms with Crippen molar-refractivity contribution < 1.29 is 19.4 Å². The molecule has 0 radical (unpaired) electrons. The molecular weight excluding hydrogens is 492 g/mol. The molecule has 0 unspecified atom stereocenters. The van der Waals surface area contributed by atoms with Gasteiger partial charge >= 0.3 is 5.91 Å². The third-order valence-electron chi connectivity index (χ3n) is 7.05. The highest BCUT2D eigenvalue weighted by Gasteiger charge is 2.31. The van der Waals surface area contributed by atoms with E-state index in [1.165, 1.54) is 30.4 Å². The van der Waals surface area contributed by atoms with E-state index in [1.54, 1.807) is 16.5 Å². The first-order valence-electron chi connectivity index (χ1n) is 13.8. The van der Waals surface area contributed by atoms with Gasteiger partial charge in [-0.15, -0.1) is 5.10 Å². The Labute approximate surface area is 231 Å². The molecule has 0 spiro atoms. The van der Waals surface area contributed by atoms with Crippen LogP contribution in [0.3, 0.4) is 0 Å². The third-order valence-corrected chi connectivity index (χ3v) is 7.05. The molecule has 2 heterocycles. The SMILES string of the molecule is CC.CC#CC(=O)N(c1ccc2c(n1)c(OC1CCCCC1)nn2C)c1cc(C)c(C)cc1C1CC1.O=CO. The standard InChI is InChI=1S/C28H32N4O2.C2H6.CH2O2/c1-5-9-26(33)32(24-17-19(3)18(2)16-22(24)20-12-13-20)25-15-14-23-27(29-25)28(30-31(23)4)34-21-10-7-6-8-11-21;1-2;2-1-3/h14-17,20-21H,6-8,10-13H2,1-4H3;1-2H3;1H,(H,2,3). The van der Waals surface area contributed by atoms with Crippen molar-refractivity contribution in [1.29, 1.82) is 0 Å². The van der Waals surface area contributed by atoms with E-state index < -0.39 is 0 Å². The number of fused-ring (bicyclic) bond motifs is 1. The molecule has 2 aliphatic carbocycles. The van der Waals surface area contributed by atoms with Gasteiger partial charge in [-0.2, -0.15) is 0 Å². The molecule has 2 aromatic heterocycles. The van der Waals surface area contributed by atoms with E-state index in [9.17, 15) is 4.79 Å². The van der Waals surface area contributed by atoms with Crippen LogP contribution in [-0.4, -0.2) is 38.4 Å². The molecule has 2 saturated carbocycles. The van der Waals surface area contributed by atoms with Crippen molar-refractivity contribution in [2.24, 2.45) is 7.05 Å². The molecule has 1 N–H and O–H groups in total. The molecule has 1 amide bonds. The number of rotatable bonds is 5. The number of carbonyl (C=O) groups excluding carboxylic acids is 1. The van der Waals surface area contributed by atoms with E-state index in [2.05, 4.69) is 42.9 Å². The molecule has 1 aromatic carbocycles. The maximum Gasteiger partial charge on any atom is 0.308 e. The lowest BCUT2D eigenvalue weighted by atomic mass is 9.98. The molecule has 39 heavy (non-hydrogen) atoms. The van der Waals surface area contributed by atoms with Crippen LogP contribution in [0, 0.1) is 25.7 Å². The smallest absolute Gasteiger partial charge is 0.308 e. The van der Waals surface area contributed by atoms with Gasteiger partial charge in [0.15, 0.2) is 5.52 Å². The molecular formula is C31H40N4O4. The van der Waals surface area contributed by atoms with Crippen molar-refractivity contribution in [3.8, 4) is 17.7 Å². The minimum Gasteiger partial charge on any atom is -0.483 e. The Morgan fingerprint density at radius 3 is 2.36 bits per heavy atom. The highest BCUT2D eigenvalue weighted by Crippen LogP contribution is 2.46. The predicted molar refractivity (Wildman–Crippen MR) is 155 cm³/mol.